The van der Waals surface area contributed by atoms with Crippen LogP contribution in [-0.4, -0.2) is 18.4 Å². The molecule has 0 aliphatic carbocycles. The summed E-state index contributed by atoms with van der Waals surface area (Å²) >= 11 is 5.90. The standard InChI is InChI=1S/C27H27ClN2O3/c1-3-18-6-5-7-19(4-2)26(18)30-17-20(16-25(30)31)27(32)29-22-10-14-24(15-11-22)33-23-12-8-21(28)9-13-23/h5-15,20H,3-4,16-17H2,1-2H3,(H,29,32)/t20-/m1/s1. The summed E-state index contributed by atoms with van der Waals surface area (Å²) < 4.78 is 5.79. The number of hydrogen-bond acceptors (Lipinski definition) is 3. The Bertz CT molecular complexity index is 1120. The number of anilines is 2. The van der Waals surface area contributed by atoms with Crippen molar-refractivity contribution in [2.24, 2.45) is 5.92 Å². The molecule has 1 aliphatic heterocycles. The zero-order chi connectivity index (χ0) is 23.4. The number of nitrogens with one attached hydrogen (secondary N) is 1. The molecule has 0 unspecified atom stereocenters. The molecule has 1 aliphatic rings. The van der Waals surface area contributed by atoms with Crippen molar-refractivity contribution in [3.8, 4) is 11.5 Å². The van der Waals surface area contributed by atoms with Gasteiger partial charge in [0, 0.05) is 29.4 Å². The largest absolute Gasteiger partial charge is 0.457 e. The quantitative estimate of drug-likeness (QED) is 0.451. The van der Waals surface area contributed by atoms with E-state index in [0.717, 1.165) is 29.7 Å². The highest BCUT2D eigenvalue weighted by Crippen LogP contribution is 2.33. The van der Waals surface area contributed by atoms with Gasteiger partial charge in [-0.25, -0.2) is 0 Å². The lowest BCUT2D eigenvalue weighted by Crippen LogP contribution is -2.29. The lowest BCUT2D eigenvalue weighted by atomic mass is 10.0. The van der Waals surface area contributed by atoms with Gasteiger partial charge in [-0.05, 0) is 72.5 Å². The highest BCUT2D eigenvalue weighted by Gasteiger charge is 2.36. The highest BCUT2D eigenvalue weighted by atomic mass is 35.5. The number of ether oxygens (including phenoxy) is 1. The predicted octanol–water partition coefficient (Wildman–Crippen LogP) is 6.25. The molecule has 4 rings (SSSR count). The summed E-state index contributed by atoms with van der Waals surface area (Å²) in [5.41, 5.74) is 3.92. The molecular weight excluding hydrogens is 436 g/mol. The molecule has 0 radical (unpaired) electrons. The smallest absolute Gasteiger partial charge is 0.229 e. The molecule has 0 bridgehead atoms. The van der Waals surface area contributed by atoms with Crippen molar-refractivity contribution in [1.82, 2.24) is 0 Å². The van der Waals surface area contributed by atoms with E-state index in [0.29, 0.717) is 28.8 Å². The molecule has 1 heterocycles. The molecule has 6 heteroatoms. The van der Waals surface area contributed by atoms with Gasteiger partial charge in [0.2, 0.25) is 11.8 Å². The molecule has 0 saturated carbocycles. The molecule has 3 aromatic carbocycles. The minimum Gasteiger partial charge on any atom is -0.457 e. The Hall–Kier alpha value is -3.31. The van der Waals surface area contributed by atoms with Crippen LogP contribution in [0.25, 0.3) is 0 Å². The molecule has 33 heavy (non-hydrogen) atoms. The first-order valence-electron chi connectivity index (χ1n) is 11.2. The van der Waals surface area contributed by atoms with Crippen molar-refractivity contribution in [2.75, 3.05) is 16.8 Å². The van der Waals surface area contributed by atoms with Crippen LogP contribution in [0.3, 0.4) is 0 Å². The van der Waals surface area contributed by atoms with E-state index in [1.807, 2.05) is 6.07 Å². The number of carbonyl (C=O) groups excluding carboxylic acids is 2. The van der Waals surface area contributed by atoms with Crippen molar-refractivity contribution in [3.05, 3.63) is 82.9 Å². The molecule has 1 fully saturated rings. The molecule has 170 valence electrons. The number of para-hydroxylation sites is 1. The molecule has 2 amide bonds. The average molecular weight is 463 g/mol. The van der Waals surface area contributed by atoms with Crippen molar-refractivity contribution in [1.29, 1.82) is 0 Å². The Balaban J connectivity index is 1.41. The van der Waals surface area contributed by atoms with Crippen LogP contribution in [0.15, 0.2) is 66.7 Å². The fourth-order valence-electron chi connectivity index (χ4n) is 4.15. The lowest BCUT2D eigenvalue weighted by Gasteiger charge is -2.23. The van der Waals surface area contributed by atoms with Gasteiger partial charge in [-0.1, -0.05) is 43.6 Å². The molecule has 1 N–H and O–H groups in total. The first-order valence-corrected chi connectivity index (χ1v) is 11.6. The maximum absolute atomic E-state index is 12.9. The number of carbonyl (C=O) groups is 2. The Morgan fingerprint density at radius 2 is 1.55 bits per heavy atom. The van der Waals surface area contributed by atoms with E-state index in [1.165, 1.54) is 0 Å². The molecule has 1 atom stereocenters. The fourth-order valence-corrected chi connectivity index (χ4v) is 4.28. The third-order valence-electron chi connectivity index (χ3n) is 5.90. The number of halogens is 1. The minimum atomic E-state index is -0.392. The Labute approximate surface area is 199 Å². The maximum Gasteiger partial charge on any atom is 0.229 e. The van der Waals surface area contributed by atoms with Crippen LogP contribution in [-0.2, 0) is 22.4 Å². The molecular formula is C27H27ClN2O3. The number of nitrogens with zero attached hydrogens (tertiary/aromatic N) is 1. The second-order valence-electron chi connectivity index (χ2n) is 8.11. The average Bonchev–Trinajstić information content (AvgIpc) is 3.22. The second-order valence-corrected chi connectivity index (χ2v) is 8.54. The summed E-state index contributed by atoms with van der Waals surface area (Å²) in [5, 5.41) is 3.59. The van der Waals surface area contributed by atoms with Crippen molar-refractivity contribution in [2.45, 2.75) is 33.1 Å². The molecule has 5 nitrogen and oxygen atoms in total. The normalized spacial score (nSPS) is 15.5. The fraction of sp³-hybridized carbons (Fsp3) is 0.259. The van der Waals surface area contributed by atoms with Crippen LogP contribution >= 0.6 is 11.6 Å². The third kappa shape index (κ3) is 5.20. The van der Waals surface area contributed by atoms with Gasteiger partial charge in [-0.3, -0.25) is 9.59 Å². The summed E-state index contributed by atoms with van der Waals surface area (Å²) in [6.45, 7) is 4.57. The van der Waals surface area contributed by atoms with E-state index in [1.54, 1.807) is 53.4 Å². The first kappa shape index (κ1) is 22.9. The second kappa shape index (κ2) is 10.1. The topological polar surface area (TPSA) is 58.6 Å². The number of hydrogen-bond donors (Lipinski definition) is 1. The molecule has 0 spiro atoms. The van der Waals surface area contributed by atoms with Gasteiger partial charge in [0.25, 0.3) is 0 Å². The van der Waals surface area contributed by atoms with E-state index in [9.17, 15) is 9.59 Å². The van der Waals surface area contributed by atoms with Crippen LogP contribution in [0.2, 0.25) is 5.02 Å². The SMILES string of the molecule is CCc1cccc(CC)c1N1C[C@H](C(=O)Nc2ccc(Oc3ccc(Cl)cc3)cc2)CC1=O. The van der Waals surface area contributed by atoms with Crippen LogP contribution in [0, 0.1) is 5.92 Å². The van der Waals surface area contributed by atoms with E-state index < -0.39 is 5.92 Å². The minimum absolute atomic E-state index is 0.00235. The van der Waals surface area contributed by atoms with E-state index >= 15 is 0 Å². The summed E-state index contributed by atoms with van der Waals surface area (Å²) in [6, 6.07) is 20.4. The van der Waals surface area contributed by atoms with Crippen LogP contribution < -0.4 is 15.0 Å². The summed E-state index contributed by atoms with van der Waals surface area (Å²) in [6.07, 6.45) is 1.90. The van der Waals surface area contributed by atoms with Crippen molar-refractivity contribution < 1.29 is 14.3 Å². The molecule has 1 saturated heterocycles. The number of aryl methyl sites for hydroxylation is 2. The van der Waals surface area contributed by atoms with Gasteiger partial charge in [-0.15, -0.1) is 0 Å². The number of rotatable bonds is 7. The van der Waals surface area contributed by atoms with Gasteiger partial charge in [0.1, 0.15) is 11.5 Å². The van der Waals surface area contributed by atoms with Gasteiger partial charge in [0.05, 0.1) is 5.92 Å². The summed E-state index contributed by atoms with van der Waals surface area (Å²) in [4.78, 5) is 27.6. The summed E-state index contributed by atoms with van der Waals surface area (Å²) in [7, 11) is 0. The monoisotopic (exact) mass is 462 g/mol. The van der Waals surface area contributed by atoms with Crippen molar-refractivity contribution in [3.63, 3.8) is 0 Å². The van der Waals surface area contributed by atoms with Gasteiger partial charge >= 0.3 is 0 Å². The zero-order valence-corrected chi connectivity index (χ0v) is 19.6. The van der Waals surface area contributed by atoms with Crippen molar-refractivity contribution >= 4 is 34.8 Å². The predicted molar refractivity (Wildman–Crippen MR) is 132 cm³/mol. The Kier molecular flexibility index (Phi) is 6.99. The Morgan fingerprint density at radius 1 is 0.970 bits per heavy atom. The third-order valence-corrected chi connectivity index (χ3v) is 6.15. The van der Waals surface area contributed by atoms with Crippen LogP contribution in [0.1, 0.15) is 31.4 Å². The maximum atomic E-state index is 12.9. The summed E-state index contributed by atoms with van der Waals surface area (Å²) in [5.74, 6) is 0.791. The number of benzene rings is 3. The van der Waals surface area contributed by atoms with Gasteiger partial charge in [-0.2, -0.15) is 0 Å². The first-order chi connectivity index (χ1) is 16.0. The molecule has 3 aromatic rings. The van der Waals surface area contributed by atoms with Crippen LogP contribution in [0.5, 0.6) is 11.5 Å². The number of amides is 2. The lowest BCUT2D eigenvalue weighted by molar-refractivity contribution is -0.122. The van der Waals surface area contributed by atoms with Gasteiger partial charge < -0.3 is 15.0 Å². The Morgan fingerprint density at radius 3 is 2.12 bits per heavy atom. The molecule has 0 aromatic heterocycles. The highest BCUT2D eigenvalue weighted by molar-refractivity contribution is 6.30. The van der Waals surface area contributed by atoms with E-state index in [4.69, 9.17) is 16.3 Å². The zero-order valence-electron chi connectivity index (χ0n) is 18.8. The van der Waals surface area contributed by atoms with E-state index in [-0.39, 0.29) is 18.2 Å². The van der Waals surface area contributed by atoms with Gasteiger partial charge in [0.15, 0.2) is 0 Å². The van der Waals surface area contributed by atoms with Crippen LogP contribution in [0.4, 0.5) is 11.4 Å². The van der Waals surface area contributed by atoms with E-state index in [2.05, 4.69) is 31.3 Å².